The van der Waals surface area contributed by atoms with Gasteiger partial charge in [-0.3, -0.25) is 0 Å². The van der Waals surface area contributed by atoms with Crippen molar-refractivity contribution in [2.24, 2.45) is 0 Å². The van der Waals surface area contributed by atoms with Crippen LogP contribution in [0.3, 0.4) is 0 Å². The standard InChI is InChI=1S/C15H24N2O/c1-4-17(11-13-7-6-10-18-13)15-9-5-8-14(16-15)12(2)3/h5,8-9,12-13H,4,6-7,10-11H2,1-3H3. The Morgan fingerprint density at radius 2 is 2.28 bits per heavy atom. The van der Waals surface area contributed by atoms with Crippen molar-refractivity contribution in [3.05, 3.63) is 23.9 Å². The van der Waals surface area contributed by atoms with Crippen LogP contribution in [0.4, 0.5) is 5.82 Å². The number of pyridine rings is 1. The molecule has 1 unspecified atom stereocenters. The Hall–Kier alpha value is -1.09. The molecule has 1 atom stereocenters. The Morgan fingerprint density at radius 3 is 2.89 bits per heavy atom. The topological polar surface area (TPSA) is 25.4 Å². The van der Waals surface area contributed by atoms with Crippen molar-refractivity contribution in [2.75, 3.05) is 24.6 Å². The lowest BCUT2D eigenvalue weighted by Crippen LogP contribution is -2.32. The lowest BCUT2D eigenvalue weighted by molar-refractivity contribution is 0.115. The molecule has 2 rings (SSSR count). The number of hydrogen-bond donors (Lipinski definition) is 0. The summed E-state index contributed by atoms with van der Waals surface area (Å²) in [5, 5.41) is 0. The number of ether oxygens (including phenoxy) is 1. The second-order valence-corrected chi connectivity index (χ2v) is 5.25. The van der Waals surface area contributed by atoms with E-state index >= 15 is 0 Å². The second-order valence-electron chi connectivity index (χ2n) is 5.25. The van der Waals surface area contributed by atoms with Crippen LogP contribution in [-0.4, -0.2) is 30.8 Å². The maximum atomic E-state index is 5.71. The molecule has 3 nitrogen and oxygen atoms in total. The Labute approximate surface area is 110 Å². The van der Waals surface area contributed by atoms with Gasteiger partial charge in [0.2, 0.25) is 0 Å². The molecule has 0 saturated carbocycles. The van der Waals surface area contributed by atoms with Gasteiger partial charge in [-0.05, 0) is 37.8 Å². The van der Waals surface area contributed by atoms with Crippen molar-refractivity contribution in [2.45, 2.75) is 45.6 Å². The first-order chi connectivity index (χ1) is 8.70. The highest BCUT2D eigenvalue weighted by molar-refractivity contribution is 5.39. The van der Waals surface area contributed by atoms with Crippen LogP contribution in [0.25, 0.3) is 0 Å². The van der Waals surface area contributed by atoms with Crippen molar-refractivity contribution in [1.29, 1.82) is 0 Å². The highest BCUT2D eigenvalue weighted by Gasteiger charge is 2.19. The first kappa shape index (κ1) is 13.3. The Bertz CT molecular complexity index is 373. The van der Waals surface area contributed by atoms with Crippen molar-refractivity contribution in [3.8, 4) is 0 Å². The van der Waals surface area contributed by atoms with Crippen molar-refractivity contribution < 1.29 is 4.74 Å². The molecule has 0 radical (unpaired) electrons. The van der Waals surface area contributed by atoms with E-state index in [1.54, 1.807) is 0 Å². The fraction of sp³-hybridized carbons (Fsp3) is 0.667. The Morgan fingerprint density at radius 1 is 1.44 bits per heavy atom. The third-order valence-corrected chi connectivity index (χ3v) is 3.50. The van der Waals surface area contributed by atoms with Crippen LogP contribution < -0.4 is 4.90 Å². The number of nitrogens with zero attached hydrogens (tertiary/aromatic N) is 2. The molecule has 18 heavy (non-hydrogen) atoms. The van der Waals surface area contributed by atoms with E-state index in [-0.39, 0.29) is 0 Å². The van der Waals surface area contributed by atoms with E-state index in [2.05, 4.69) is 43.9 Å². The minimum absolute atomic E-state index is 0.384. The molecular formula is C15H24N2O. The molecule has 0 bridgehead atoms. The molecule has 1 aromatic rings. The number of rotatable bonds is 5. The van der Waals surface area contributed by atoms with Gasteiger partial charge in [-0.15, -0.1) is 0 Å². The van der Waals surface area contributed by atoms with Gasteiger partial charge in [0.05, 0.1) is 6.10 Å². The van der Waals surface area contributed by atoms with Crippen LogP contribution in [0, 0.1) is 0 Å². The molecule has 1 saturated heterocycles. The monoisotopic (exact) mass is 248 g/mol. The Balaban J connectivity index is 2.08. The third-order valence-electron chi connectivity index (χ3n) is 3.50. The van der Waals surface area contributed by atoms with Crippen molar-refractivity contribution >= 4 is 5.82 Å². The molecule has 2 heterocycles. The highest BCUT2D eigenvalue weighted by atomic mass is 16.5. The molecule has 1 aliphatic heterocycles. The van der Waals surface area contributed by atoms with Gasteiger partial charge in [-0.1, -0.05) is 19.9 Å². The maximum Gasteiger partial charge on any atom is 0.128 e. The Kier molecular flexibility index (Phi) is 4.59. The number of anilines is 1. The summed E-state index contributed by atoms with van der Waals surface area (Å²) in [6.45, 7) is 9.41. The zero-order valence-electron chi connectivity index (χ0n) is 11.7. The molecule has 1 aliphatic rings. The summed E-state index contributed by atoms with van der Waals surface area (Å²) in [5.74, 6) is 1.56. The van der Waals surface area contributed by atoms with Gasteiger partial charge in [0.15, 0.2) is 0 Å². The lowest BCUT2D eigenvalue weighted by Gasteiger charge is -2.25. The molecule has 0 N–H and O–H groups in total. The first-order valence-corrected chi connectivity index (χ1v) is 7.04. The summed E-state index contributed by atoms with van der Waals surface area (Å²) in [6.07, 6.45) is 2.76. The van der Waals surface area contributed by atoms with E-state index in [9.17, 15) is 0 Å². The van der Waals surface area contributed by atoms with Crippen LogP contribution in [0.2, 0.25) is 0 Å². The molecule has 100 valence electrons. The van der Waals surface area contributed by atoms with Gasteiger partial charge in [0, 0.05) is 25.4 Å². The zero-order valence-corrected chi connectivity index (χ0v) is 11.7. The maximum absolute atomic E-state index is 5.71. The van der Waals surface area contributed by atoms with Gasteiger partial charge in [0.1, 0.15) is 5.82 Å². The normalized spacial score (nSPS) is 19.4. The lowest BCUT2D eigenvalue weighted by atomic mass is 10.1. The quantitative estimate of drug-likeness (QED) is 0.800. The van der Waals surface area contributed by atoms with Crippen LogP contribution in [-0.2, 0) is 4.74 Å². The number of aromatic nitrogens is 1. The van der Waals surface area contributed by atoms with Crippen molar-refractivity contribution in [1.82, 2.24) is 4.98 Å². The molecule has 0 amide bonds. The summed E-state index contributed by atoms with van der Waals surface area (Å²) >= 11 is 0. The smallest absolute Gasteiger partial charge is 0.128 e. The predicted molar refractivity (Wildman–Crippen MR) is 75.2 cm³/mol. The minimum atomic E-state index is 0.384. The van der Waals surface area contributed by atoms with E-state index in [1.807, 2.05) is 0 Å². The van der Waals surface area contributed by atoms with Crippen LogP contribution in [0.5, 0.6) is 0 Å². The number of likely N-dealkylation sites (N-methyl/N-ethyl adjacent to an activating group) is 1. The van der Waals surface area contributed by atoms with Crippen LogP contribution >= 0.6 is 0 Å². The fourth-order valence-corrected chi connectivity index (χ4v) is 2.36. The average molecular weight is 248 g/mol. The summed E-state index contributed by atoms with van der Waals surface area (Å²) < 4.78 is 5.71. The molecule has 0 aliphatic carbocycles. The average Bonchev–Trinajstić information content (AvgIpc) is 2.89. The zero-order chi connectivity index (χ0) is 13.0. The minimum Gasteiger partial charge on any atom is -0.376 e. The summed E-state index contributed by atoms with van der Waals surface area (Å²) in [5.41, 5.74) is 1.17. The molecule has 1 fully saturated rings. The summed E-state index contributed by atoms with van der Waals surface area (Å²) in [7, 11) is 0. The fourth-order valence-electron chi connectivity index (χ4n) is 2.36. The van der Waals surface area contributed by atoms with Crippen LogP contribution in [0.15, 0.2) is 18.2 Å². The molecular weight excluding hydrogens is 224 g/mol. The van der Waals surface area contributed by atoms with E-state index in [1.165, 1.54) is 18.5 Å². The highest BCUT2D eigenvalue weighted by Crippen LogP contribution is 2.20. The predicted octanol–water partition coefficient (Wildman–Crippen LogP) is 3.21. The molecule has 0 aromatic carbocycles. The van der Waals surface area contributed by atoms with E-state index < -0.39 is 0 Å². The van der Waals surface area contributed by atoms with Crippen LogP contribution in [0.1, 0.15) is 45.2 Å². The van der Waals surface area contributed by atoms with Gasteiger partial charge in [0.25, 0.3) is 0 Å². The number of hydrogen-bond acceptors (Lipinski definition) is 3. The van der Waals surface area contributed by atoms with Gasteiger partial charge in [-0.2, -0.15) is 0 Å². The molecule has 3 heteroatoms. The summed E-state index contributed by atoms with van der Waals surface area (Å²) in [4.78, 5) is 7.08. The molecule has 1 aromatic heterocycles. The van der Waals surface area contributed by atoms with Crippen molar-refractivity contribution in [3.63, 3.8) is 0 Å². The third kappa shape index (κ3) is 3.22. The SMILES string of the molecule is CCN(CC1CCCO1)c1cccc(C(C)C)n1. The van der Waals surface area contributed by atoms with E-state index in [4.69, 9.17) is 9.72 Å². The second kappa shape index (κ2) is 6.19. The van der Waals surface area contributed by atoms with E-state index in [0.717, 1.165) is 25.5 Å². The van der Waals surface area contributed by atoms with Gasteiger partial charge >= 0.3 is 0 Å². The largest absolute Gasteiger partial charge is 0.376 e. The molecule has 0 spiro atoms. The van der Waals surface area contributed by atoms with Gasteiger partial charge < -0.3 is 9.64 Å². The van der Waals surface area contributed by atoms with E-state index in [0.29, 0.717) is 12.0 Å². The first-order valence-electron chi connectivity index (χ1n) is 7.04. The van der Waals surface area contributed by atoms with Gasteiger partial charge in [-0.25, -0.2) is 4.98 Å². The summed E-state index contributed by atoms with van der Waals surface area (Å²) in [6, 6.07) is 6.31.